The molecule has 1 amide bonds. The van der Waals surface area contributed by atoms with Gasteiger partial charge in [-0.05, 0) is 24.6 Å². The summed E-state index contributed by atoms with van der Waals surface area (Å²) in [5.41, 5.74) is 3.16. The lowest BCUT2D eigenvalue weighted by atomic mass is 10.1. The second-order valence-corrected chi connectivity index (χ2v) is 6.82. The van der Waals surface area contributed by atoms with Gasteiger partial charge in [-0.15, -0.1) is 0 Å². The van der Waals surface area contributed by atoms with E-state index in [0.717, 1.165) is 11.3 Å². The maximum atomic E-state index is 11.4. The molecule has 0 aliphatic heterocycles. The van der Waals surface area contributed by atoms with Crippen LogP contribution in [0, 0.1) is 18.3 Å². The fourth-order valence-corrected chi connectivity index (χ4v) is 2.98. The average molecular weight is 401 g/mol. The highest BCUT2D eigenvalue weighted by molar-refractivity contribution is 5.90. The van der Waals surface area contributed by atoms with Crippen LogP contribution in [-0.4, -0.2) is 30.1 Å². The molecule has 0 aliphatic carbocycles. The maximum Gasteiger partial charge on any atom is 0.221 e. The molecule has 0 aliphatic rings. The first-order valence-corrected chi connectivity index (χ1v) is 9.12. The minimum Gasteiger partial charge on any atom is -0.340 e. The van der Waals surface area contributed by atoms with Crippen molar-refractivity contribution in [3.8, 4) is 6.07 Å². The lowest BCUT2D eigenvalue weighted by Gasteiger charge is -2.13. The highest BCUT2D eigenvalue weighted by atomic mass is 16.1. The predicted molar refractivity (Wildman–Crippen MR) is 113 cm³/mol. The molecule has 0 atom stereocenters. The number of aromatic nitrogens is 5. The molecule has 3 heterocycles. The maximum absolute atomic E-state index is 11.4. The van der Waals surface area contributed by atoms with Gasteiger partial charge in [0.2, 0.25) is 5.91 Å². The van der Waals surface area contributed by atoms with Gasteiger partial charge in [0.05, 0.1) is 12.5 Å². The number of imidazole rings is 1. The van der Waals surface area contributed by atoms with Gasteiger partial charge in [0, 0.05) is 37.6 Å². The predicted octanol–water partition coefficient (Wildman–Crippen LogP) is 3.09. The summed E-state index contributed by atoms with van der Waals surface area (Å²) in [6, 6.07) is 9.50. The van der Waals surface area contributed by atoms with E-state index in [2.05, 4.69) is 37.1 Å². The Morgan fingerprint density at radius 2 is 2.03 bits per heavy atom. The van der Waals surface area contributed by atoms with Gasteiger partial charge < -0.3 is 20.5 Å². The molecule has 1 aromatic carbocycles. The first-order chi connectivity index (χ1) is 14.4. The van der Waals surface area contributed by atoms with Crippen molar-refractivity contribution in [3.63, 3.8) is 0 Å². The van der Waals surface area contributed by atoms with E-state index in [9.17, 15) is 10.1 Å². The van der Waals surface area contributed by atoms with Crippen LogP contribution in [0.2, 0.25) is 0 Å². The molecule has 4 rings (SSSR count). The SMILES string of the molecule is CC(=O)Nc1cc(Nc2cc(Nc3cn(C)cn3)n3ncc(C#N)c3n2)ccc1C. The number of hydrogen-bond acceptors (Lipinski definition) is 7. The molecular formula is C20H19N9O. The summed E-state index contributed by atoms with van der Waals surface area (Å²) >= 11 is 0. The fraction of sp³-hybridized carbons (Fsp3) is 0.150. The number of carbonyl (C=O) groups excluding carboxylic acids is 1. The van der Waals surface area contributed by atoms with Crippen molar-refractivity contribution in [2.75, 3.05) is 16.0 Å². The number of fused-ring (bicyclic) bond motifs is 1. The number of nitrogens with one attached hydrogen (secondary N) is 3. The van der Waals surface area contributed by atoms with Crippen LogP contribution < -0.4 is 16.0 Å². The Hall–Kier alpha value is -4.39. The summed E-state index contributed by atoms with van der Waals surface area (Å²) in [4.78, 5) is 20.3. The molecule has 0 saturated carbocycles. The number of aryl methyl sites for hydroxylation is 2. The molecule has 0 fully saturated rings. The third-order valence-electron chi connectivity index (χ3n) is 4.37. The van der Waals surface area contributed by atoms with E-state index in [1.807, 2.05) is 42.9 Å². The molecule has 0 unspecified atom stereocenters. The van der Waals surface area contributed by atoms with E-state index < -0.39 is 0 Å². The lowest BCUT2D eigenvalue weighted by molar-refractivity contribution is -0.114. The smallest absolute Gasteiger partial charge is 0.221 e. The third kappa shape index (κ3) is 3.77. The van der Waals surface area contributed by atoms with E-state index in [0.29, 0.717) is 34.4 Å². The van der Waals surface area contributed by atoms with Crippen molar-refractivity contribution in [1.82, 2.24) is 24.1 Å². The fourth-order valence-electron chi connectivity index (χ4n) is 2.98. The largest absolute Gasteiger partial charge is 0.340 e. The summed E-state index contributed by atoms with van der Waals surface area (Å²) in [5, 5.41) is 22.9. The topological polar surface area (TPSA) is 125 Å². The number of amides is 1. The second-order valence-electron chi connectivity index (χ2n) is 6.82. The molecule has 30 heavy (non-hydrogen) atoms. The number of hydrogen-bond donors (Lipinski definition) is 3. The van der Waals surface area contributed by atoms with E-state index in [4.69, 9.17) is 0 Å². The normalized spacial score (nSPS) is 10.6. The summed E-state index contributed by atoms with van der Waals surface area (Å²) < 4.78 is 3.37. The number of carbonyl (C=O) groups is 1. The van der Waals surface area contributed by atoms with Gasteiger partial charge in [-0.2, -0.15) is 14.9 Å². The minimum atomic E-state index is -0.144. The van der Waals surface area contributed by atoms with Crippen molar-refractivity contribution >= 4 is 40.4 Å². The molecule has 10 nitrogen and oxygen atoms in total. The number of benzene rings is 1. The van der Waals surface area contributed by atoms with E-state index in [1.54, 1.807) is 16.9 Å². The van der Waals surface area contributed by atoms with Crippen LogP contribution in [0.15, 0.2) is 43.0 Å². The van der Waals surface area contributed by atoms with Crippen LogP contribution in [0.3, 0.4) is 0 Å². The van der Waals surface area contributed by atoms with Crippen LogP contribution in [-0.2, 0) is 11.8 Å². The lowest BCUT2D eigenvalue weighted by Crippen LogP contribution is -2.08. The highest BCUT2D eigenvalue weighted by Gasteiger charge is 2.13. The number of nitriles is 1. The third-order valence-corrected chi connectivity index (χ3v) is 4.37. The highest BCUT2D eigenvalue weighted by Crippen LogP contribution is 2.26. The van der Waals surface area contributed by atoms with Crippen LogP contribution >= 0.6 is 0 Å². The molecule has 3 aromatic heterocycles. The molecule has 150 valence electrons. The van der Waals surface area contributed by atoms with Crippen molar-refractivity contribution in [1.29, 1.82) is 5.26 Å². The van der Waals surface area contributed by atoms with E-state index in [-0.39, 0.29) is 5.91 Å². The van der Waals surface area contributed by atoms with Crippen molar-refractivity contribution in [2.45, 2.75) is 13.8 Å². The van der Waals surface area contributed by atoms with Crippen molar-refractivity contribution in [2.24, 2.45) is 7.05 Å². The van der Waals surface area contributed by atoms with Crippen LogP contribution in [0.5, 0.6) is 0 Å². The van der Waals surface area contributed by atoms with Gasteiger partial charge in [0.1, 0.15) is 29.1 Å². The monoisotopic (exact) mass is 401 g/mol. The second kappa shape index (κ2) is 7.56. The molecule has 0 saturated heterocycles. The minimum absolute atomic E-state index is 0.144. The molecule has 4 aromatic rings. The molecule has 10 heteroatoms. The van der Waals surface area contributed by atoms with Gasteiger partial charge >= 0.3 is 0 Å². The Bertz CT molecular complexity index is 1300. The van der Waals surface area contributed by atoms with E-state index >= 15 is 0 Å². The Kier molecular flexibility index (Phi) is 4.77. The van der Waals surface area contributed by atoms with Gasteiger partial charge in [-0.25, -0.2) is 9.97 Å². The zero-order chi connectivity index (χ0) is 21.3. The van der Waals surface area contributed by atoms with Gasteiger partial charge in [-0.3, -0.25) is 4.79 Å². The molecular weight excluding hydrogens is 382 g/mol. The number of rotatable bonds is 5. The van der Waals surface area contributed by atoms with Crippen LogP contribution in [0.4, 0.5) is 28.8 Å². The Morgan fingerprint density at radius 1 is 1.20 bits per heavy atom. The molecule has 3 N–H and O–H groups in total. The van der Waals surface area contributed by atoms with Crippen molar-refractivity contribution in [3.05, 3.63) is 54.1 Å². The van der Waals surface area contributed by atoms with Crippen LogP contribution in [0.25, 0.3) is 5.65 Å². The first-order valence-electron chi connectivity index (χ1n) is 9.12. The standard InChI is InChI=1S/C20H19N9O/c1-12-4-5-15(6-16(12)24-13(2)30)25-17-7-19(26-18-10-28(3)11-22-18)29-20(27-17)14(8-21)9-23-29/h4-7,9-11,26H,1-3H3,(H,24,30)(H,25,27). The number of anilines is 5. The molecule has 0 bridgehead atoms. The number of nitrogens with zero attached hydrogens (tertiary/aromatic N) is 6. The summed E-state index contributed by atoms with van der Waals surface area (Å²) in [6.07, 6.45) is 4.98. The molecule has 0 spiro atoms. The Morgan fingerprint density at radius 3 is 2.73 bits per heavy atom. The first kappa shape index (κ1) is 18.9. The van der Waals surface area contributed by atoms with E-state index in [1.165, 1.54) is 13.1 Å². The summed E-state index contributed by atoms with van der Waals surface area (Å²) in [5.74, 6) is 1.59. The van der Waals surface area contributed by atoms with Gasteiger partial charge in [0.25, 0.3) is 0 Å². The Balaban J connectivity index is 1.74. The molecule has 0 radical (unpaired) electrons. The quantitative estimate of drug-likeness (QED) is 0.469. The zero-order valence-electron chi connectivity index (χ0n) is 16.6. The summed E-state index contributed by atoms with van der Waals surface area (Å²) in [6.45, 7) is 3.38. The average Bonchev–Trinajstić information content (AvgIpc) is 3.30. The zero-order valence-corrected chi connectivity index (χ0v) is 16.6. The van der Waals surface area contributed by atoms with Crippen molar-refractivity contribution < 1.29 is 4.79 Å². The van der Waals surface area contributed by atoms with Gasteiger partial charge in [-0.1, -0.05) is 6.07 Å². The Labute approximate surface area is 172 Å². The van der Waals surface area contributed by atoms with Gasteiger partial charge in [0.15, 0.2) is 5.65 Å². The van der Waals surface area contributed by atoms with Crippen LogP contribution in [0.1, 0.15) is 18.1 Å². The summed E-state index contributed by atoms with van der Waals surface area (Å²) in [7, 11) is 1.87.